The average molecular weight is 233 g/mol. The number of fused-ring (bicyclic) bond motifs is 1. The minimum Gasteiger partial charge on any atom is -0.478 e. The summed E-state index contributed by atoms with van der Waals surface area (Å²) in [4.78, 5) is 25.0. The summed E-state index contributed by atoms with van der Waals surface area (Å²) in [5, 5.41) is 17.2. The molecule has 17 heavy (non-hydrogen) atoms. The summed E-state index contributed by atoms with van der Waals surface area (Å²) in [7, 11) is 0. The molecule has 1 heterocycles. The van der Waals surface area contributed by atoms with Gasteiger partial charge in [-0.05, 0) is 18.2 Å². The molecular formula is C11H7NO5. The summed E-state index contributed by atoms with van der Waals surface area (Å²) < 4.78 is 5.18. The number of hydrogen-bond acceptors (Lipinski definition) is 4. The van der Waals surface area contributed by atoms with Crippen molar-refractivity contribution in [3.8, 4) is 0 Å². The van der Waals surface area contributed by atoms with Crippen LogP contribution in [-0.2, 0) is 4.79 Å². The fraction of sp³-hybridized carbons (Fsp3) is 0. The highest BCUT2D eigenvalue weighted by Gasteiger charge is 2.08. The van der Waals surface area contributed by atoms with E-state index in [1.54, 1.807) is 0 Å². The second-order valence-electron chi connectivity index (χ2n) is 3.21. The van der Waals surface area contributed by atoms with Gasteiger partial charge in [-0.15, -0.1) is 0 Å². The van der Waals surface area contributed by atoms with E-state index in [9.17, 15) is 9.59 Å². The number of carboxylic acid groups (broad SMARTS) is 2. The lowest BCUT2D eigenvalue weighted by Crippen LogP contribution is -1.94. The fourth-order valence-corrected chi connectivity index (χ4v) is 1.29. The molecular weight excluding hydrogens is 226 g/mol. The number of carbonyl (C=O) groups is 2. The Morgan fingerprint density at radius 3 is 2.71 bits per heavy atom. The molecule has 0 atom stereocenters. The van der Waals surface area contributed by atoms with Gasteiger partial charge in [0.2, 0.25) is 5.89 Å². The van der Waals surface area contributed by atoms with Gasteiger partial charge in [-0.25, -0.2) is 14.6 Å². The van der Waals surface area contributed by atoms with E-state index in [-0.39, 0.29) is 11.5 Å². The molecule has 1 aromatic heterocycles. The Labute approximate surface area is 94.8 Å². The summed E-state index contributed by atoms with van der Waals surface area (Å²) in [5.74, 6) is -2.06. The van der Waals surface area contributed by atoms with Crippen molar-refractivity contribution in [2.45, 2.75) is 0 Å². The van der Waals surface area contributed by atoms with E-state index in [4.69, 9.17) is 14.6 Å². The summed E-state index contributed by atoms with van der Waals surface area (Å²) in [6.07, 6.45) is 2.09. The number of carboxylic acids is 2. The SMILES string of the molecule is O=C(O)/C=C/c1nc2ccc(C(=O)O)cc2o1. The molecule has 0 saturated carbocycles. The average Bonchev–Trinajstić information content (AvgIpc) is 2.67. The van der Waals surface area contributed by atoms with E-state index in [0.29, 0.717) is 11.1 Å². The second-order valence-corrected chi connectivity index (χ2v) is 3.21. The number of nitrogens with zero attached hydrogens (tertiary/aromatic N) is 1. The van der Waals surface area contributed by atoms with Gasteiger partial charge in [-0.3, -0.25) is 0 Å². The van der Waals surface area contributed by atoms with Crippen molar-refractivity contribution in [1.29, 1.82) is 0 Å². The maximum absolute atomic E-state index is 10.7. The van der Waals surface area contributed by atoms with Crippen molar-refractivity contribution in [2.75, 3.05) is 0 Å². The Morgan fingerprint density at radius 2 is 2.06 bits per heavy atom. The van der Waals surface area contributed by atoms with Crippen molar-refractivity contribution < 1.29 is 24.2 Å². The summed E-state index contributed by atoms with van der Waals surface area (Å²) in [5.41, 5.74) is 0.859. The highest BCUT2D eigenvalue weighted by Crippen LogP contribution is 2.18. The summed E-state index contributed by atoms with van der Waals surface area (Å²) in [6.45, 7) is 0. The number of aliphatic carboxylic acids is 1. The molecule has 0 saturated heterocycles. The van der Waals surface area contributed by atoms with E-state index < -0.39 is 11.9 Å². The zero-order valence-corrected chi connectivity index (χ0v) is 8.45. The van der Waals surface area contributed by atoms with Crippen LogP contribution >= 0.6 is 0 Å². The molecule has 0 aliphatic carbocycles. The molecule has 2 aromatic rings. The van der Waals surface area contributed by atoms with Crippen LogP contribution in [0, 0.1) is 0 Å². The van der Waals surface area contributed by atoms with Gasteiger partial charge in [-0.2, -0.15) is 0 Å². The van der Waals surface area contributed by atoms with E-state index in [1.807, 2.05) is 0 Å². The number of rotatable bonds is 3. The standard InChI is InChI=1S/C11H7NO5/c13-10(14)4-3-9-12-7-2-1-6(11(15)16)5-8(7)17-9/h1-5H,(H,13,14)(H,15,16)/b4-3+. The van der Waals surface area contributed by atoms with Gasteiger partial charge in [0.25, 0.3) is 0 Å². The molecule has 0 radical (unpaired) electrons. The first kappa shape index (κ1) is 10.9. The van der Waals surface area contributed by atoms with E-state index in [0.717, 1.165) is 6.08 Å². The predicted molar refractivity (Wildman–Crippen MR) is 57.6 cm³/mol. The largest absolute Gasteiger partial charge is 0.478 e. The molecule has 86 valence electrons. The Morgan fingerprint density at radius 1 is 1.29 bits per heavy atom. The van der Waals surface area contributed by atoms with Crippen LogP contribution in [-0.4, -0.2) is 27.1 Å². The van der Waals surface area contributed by atoms with E-state index in [2.05, 4.69) is 4.98 Å². The normalized spacial score (nSPS) is 11.1. The van der Waals surface area contributed by atoms with E-state index in [1.165, 1.54) is 24.3 Å². The summed E-state index contributed by atoms with van der Waals surface area (Å²) >= 11 is 0. The van der Waals surface area contributed by atoms with Crippen molar-refractivity contribution in [3.63, 3.8) is 0 Å². The molecule has 2 rings (SSSR count). The molecule has 6 heteroatoms. The third kappa shape index (κ3) is 2.31. The number of aromatic nitrogens is 1. The fourth-order valence-electron chi connectivity index (χ4n) is 1.29. The van der Waals surface area contributed by atoms with Crippen LogP contribution in [0.25, 0.3) is 17.2 Å². The maximum Gasteiger partial charge on any atom is 0.335 e. The van der Waals surface area contributed by atoms with E-state index >= 15 is 0 Å². The van der Waals surface area contributed by atoms with Crippen LogP contribution < -0.4 is 0 Å². The molecule has 0 amide bonds. The lowest BCUT2D eigenvalue weighted by molar-refractivity contribution is -0.131. The highest BCUT2D eigenvalue weighted by atomic mass is 16.4. The monoisotopic (exact) mass is 233 g/mol. The molecule has 1 aromatic carbocycles. The van der Waals surface area contributed by atoms with Crippen molar-refractivity contribution in [3.05, 3.63) is 35.7 Å². The van der Waals surface area contributed by atoms with Gasteiger partial charge >= 0.3 is 11.9 Å². The number of benzene rings is 1. The van der Waals surface area contributed by atoms with Crippen molar-refractivity contribution in [2.24, 2.45) is 0 Å². The third-order valence-corrected chi connectivity index (χ3v) is 2.02. The Hall–Kier alpha value is -2.63. The summed E-state index contributed by atoms with van der Waals surface area (Å²) in [6, 6.07) is 4.24. The van der Waals surface area contributed by atoms with Gasteiger partial charge in [0.05, 0.1) is 5.56 Å². The molecule has 0 spiro atoms. The van der Waals surface area contributed by atoms with Crippen LogP contribution in [0.3, 0.4) is 0 Å². The molecule has 0 bridgehead atoms. The van der Waals surface area contributed by atoms with Crippen LogP contribution in [0.1, 0.15) is 16.2 Å². The first-order chi connectivity index (χ1) is 8.06. The molecule has 0 fully saturated rings. The Balaban J connectivity index is 2.43. The van der Waals surface area contributed by atoms with Crippen LogP contribution in [0.4, 0.5) is 0 Å². The first-order valence-electron chi connectivity index (χ1n) is 4.61. The molecule has 6 nitrogen and oxygen atoms in total. The quantitative estimate of drug-likeness (QED) is 0.781. The smallest absolute Gasteiger partial charge is 0.335 e. The zero-order chi connectivity index (χ0) is 12.4. The zero-order valence-electron chi connectivity index (χ0n) is 8.45. The highest BCUT2D eigenvalue weighted by molar-refractivity contribution is 5.92. The van der Waals surface area contributed by atoms with Gasteiger partial charge in [0.1, 0.15) is 5.52 Å². The predicted octanol–water partition coefficient (Wildman–Crippen LogP) is 1.62. The lowest BCUT2D eigenvalue weighted by atomic mass is 10.2. The Bertz CT molecular complexity index is 626. The van der Waals surface area contributed by atoms with Gasteiger partial charge in [0, 0.05) is 12.2 Å². The van der Waals surface area contributed by atoms with Crippen molar-refractivity contribution in [1.82, 2.24) is 4.98 Å². The first-order valence-corrected chi connectivity index (χ1v) is 4.61. The minimum atomic E-state index is -1.11. The van der Waals surface area contributed by atoms with Crippen LogP contribution in [0.15, 0.2) is 28.7 Å². The number of hydrogen-bond donors (Lipinski definition) is 2. The number of oxazole rings is 1. The third-order valence-electron chi connectivity index (χ3n) is 2.02. The molecule has 2 N–H and O–H groups in total. The van der Waals surface area contributed by atoms with Crippen LogP contribution in [0.2, 0.25) is 0 Å². The molecule has 0 aliphatic rings. The van der Waals surface area contributed by atoms with Gasteiger partial charge < -0.3 is 14.6 Å². The van der Waals surface area contributed by atoms with Crippen molar-refractivity contribution >= 4 is 29.1 Å². The lowest BCUT2D eigenvalue weighted by Gasteiger charge is -1.91. The van der Waals surface area contributed by atoms with Gasteiger partial charge in [-0.1, -0.05) is 0 Å². The maximum atomic E-state index is 10.7. The Kier molecular flexibility index (Phi) is 2.61. The molecule has 0 unspecified atom stereocenters. The minimum absolute atomic E-state index is 0.0856. The second kappa shape index (κ2) is 4.09. The number of aromatic carboxylic acids is 1. The molecule has 0 aliphatic heterocycles. The van der Waals surface area contributed by atoms with Gasteiger partial charge in [0.15, 0.2) is 5.58 Å². The topological polar surface area (TPSA) is 101 Å². The van der Waals surface area contributed by atoms with Crippen LogP contribution in [0.5, 0.6) is 0 Å².